The van der Waals surface area contributed by atoms with E-state index in [0.29, 0.717) is 0 Å². The monoisotopic (exact) mass is 328 g/mol. The van der Waals surface area contributed by atoms with E-state index in [-0.39, 0.29) is 0 Å². The Bertz CT molecular complexity index is 720. The van der Waals surface area contributed by atoms with E-state index in [1.54, 1.807) is 0 Å². The minimum absolute atomic E-state index is 0.966. The first kappa shape index (κ1) is 15.6. The standard InChI is InChI=1S/C18H20N2S2/c1-3-21-11-15-9-7-13-5-6-14-8-10-16(12-22-4-2)20-18(14)17(13)19-15/h5-10H,3-4,11-12H2,1-2H3. The zero-order valence-electron chi connectivity index (χ0n) is 13.0. The Morgan fingerprint density at radius 2 is 1.09 bits per heavy atom. The summed E-state index contributed by atoms with van der Waals surface area (Å²) < 4.78 is 0. The van der Waals surface area contributed by atoms with Crippen molar-refractivity contribution in [1.82, 2.24) is 9.97 Å². The van der Waals surface area contributed by atoms with Crippen LogP contribution in [0.1, 0.15) is 25.2 Å². The molecule has 3 rings (SSSR count). The number of aromatic nitrogens is 2. The third-order valence-corrected chi connectivity index (χ3v) is 5.36. The molecular weight excluding hydrogens is 308 g/mol. The van der Waals surface area contributed by atoms with Gasteiger partial charge in [-0.2, -0.15) is 23.5 Å². The normalized spacial score (nSPS) is 11.4. The van der Waals surface area contributed by atoms with Crippen molar-refractivity contribution in [2.24, 2.45) is 0 Å². The summed E-state index contributed by atoms with van der Waals surface area (Å²) in [5.41, 5.74) is 4.36. The number of thioether (sulfide) groups is 2. The summed E-state index contributed by atoms with van der Waals surface area (Å²) in [6.07, 6.45) is 0. The van der Waals surface area contributed by atoms with E-state index in [1.807, 2.05) is 23.5 Å². The van der Waals surface area contributed by atoms with Crippen LogP contribution in [0.4, 0.5) is 0 Å². The van der Waals surface area contributed by atoms with Crippen molar-refractivity contribution < 1.29 is 0 Å². The number of pyridine rings is 2. The lowest BCUT2D eigenvalue weighted by atomic mass is 10.1. The van der Waals surface area contributed by atoms with Crippen LogP contribution in [-0.2, 0) is 11.5 Å². The molecule has 114 valence electrons. The van der Waals surface area contributed by atoms with Crippen LogP contribution in [0.2, 0.25) is 0 Å². The second-order valence-electron chi connectivity index (χ2n) is 5.09. The van der Waals surface area contributed by atoms with Gasteiger partial charge >= 0.3 is 0 Å². The van der Waals surface area contributed by atoms with E-state index < -0.39 is 0 Å². The quantitative estimate of drug-likeness (QED) is 0.574. The van der Waals surface area contributed by atoms with Crippen LogP contribution in [0.5, 0.6) is 0 Å². The Labute approximate surface area is 140 Å². The van der Waals surface area contributed by atoms with Gasteiger partial charge < -0.3 is 0 Å². The van der Waals surface area contributed by atoms with Gasteiger partial charge in [0.15, 0.2) is 0 Å². The third-order valence-electron chi connectivity index (χ3n) is 3.54. The van der Waals surface area contributed by atoms with Gasteiger partial charge in [-0.25, -0.2) is 9.97 Å². The van der Waals surface area contributed by atoms with Gasteiger partial charge in [0.2, 0.25) is 0 Å². The average Bonchev–Trinajstić information content (AvgIpc) is 2.57. The Balaban J connectivity index is 2.09. The predicted octanol–water partition coefficient (Wildman–Crippen LogP) is 5.29. The van der Waals surface area contributed by atoms with Crippen molar-refractivity contribution in [3.63, 3.8) is 0 Å². The minimum atomic E-state index is 0.966. The largest absolute Gasteiger partial charge is 0.250 e. The summed E-state index contributed by atoms with van der Waals surface area (Å²) in [7, 11) is 0. The molecule has 2 nitrogen and oxygen atoms in total. The van der Waals surface area contributed by atoms with E-state index in [4.69, 9.17) is 9.97 Å². The highest BCUT2D eigenvalue weighted by molar-refractivity contribution is 7.98. The maximum absolute atomic E-state index is 4.87. The second-order valence-corrected chi connectivity index (χ2v) is 7.64. The fourth-order valence-corrected chi connectivity index (χ4v) is 3.57. The molecule has 0 aliphatic heterocycles. The van der Waals surface area contributed by atoms with Crippen molar-refractivity contribution in [2.75, 3.05) is 11.5 Å². The molecule has 0 unspecified atom stereocenters. The van der Waals surface area contributed by atoms with Gasteiger partial charge in [0.25, 0.3) is 0 Å². The lowest BCUT2D eigenvalue weighted by Crippen LogP contribution is -1.93. The molecule has 0 N–H and O–H groups in total. The first-order valence-electron chi connectivity index (χ1n) is 7.65. The van der Waals surface area contributed by atoms with Crippen molar-refractivity contribution in [3.05, 3.63) is 47.8 Å². The maximum atomic E-state index is 4.87. The summed E-state index contributed by atoms with van der Waals surface area (Å²) in [5, 5.41) is 2.34. The average molecular weight is 329 g/mol. The Morgan fingerprint density at radius 3 is 1.50 bits per heavy atom. The maximum Gasteiger partial charge on any atom is 0.0968 e. The Hall–Kier alpha value is -1.26. The van der Waals surface area contributed by atoms with Crippen molar-refractivity contribution in [2.45, 2.75) is 25.4 Å². The highest BCUT2D eigenvalue weighted by atomic mass is 32.2. The molecule has 0 saturated carbocycles. The first-order chi connectivity index (χ1) is 10.8. The van der Waals surface area contributed by atoms with Crippen LogP contribution in [0, 0.1) is 0 Å². The molecule has 2 aromatic heterocycles. The van der Waals surface area contributed by atoms with Crippen molar-refractivity contribution >= 4 is 45.3 Å². The van der Waals surface area contributed by atoms with E-state index in [2.05, 4.69) is 50.2 Å². The minimum Gasteiger partial charge on any atom is -0.250 e. The summed E-state index contributed by atoms with van der Waals surface area (Å²) in [6, 6.07) is 12.9. The van der Waals surface area contributed by atoms with Gasteiger partial charge in [-0.15, -0.1) is 0 Å². The lowest BCUT2D eigenvalue weighted by molar-refractivity contribution is 1.20. The molecule has 0 atom stereocenters. The molecule has 2 heterocycles. The van der Waals surface area contributed by atoms with E-state index in [1.165, 1.54) is 10.8 Å². The molecule has 0 aliphatic carbocycles. The fraction of sp³-hybridized carbons (Fsp3) is 0.333. The topological polar surface area (TPSA) is 25.8 Å². The molecule has 0 bridgehead atoms. The van der Waals surface area contributed by atoms with Gasteiger partial charge in [0, 0.05) is 22.3 Å². The van der Waals surface area contributed by atoms with Gasteiger partial charge in [-0.3, -0.25) is 0 Å². The zero-order chi connectivity index (χ0) is 15.4. The molecule has 0 fully saturated rings. The van der Waals surface area contributed by atoms with Gasteiger partial charge in [-0.05, 0) is 23.6 Å². The number of rotatable bonds is 6. The van der Waals surface area contributed by atoms with E-state index in [0.717, 1.165) is 45.4 Å². The fourth-order valence-electron chi connectivity index (χ4n) is 2.42. The third kappa shape index (κ3) is 3.39. The van der Waals surface area contributed by atoms with Crippen LogP contribution in [0.3, 0.4) is 0 Å². The van der Waals surface area contributed by atoms with E-state index >= 15 is 0 Å². The highest BCUT2D eigenvalue weighted by Crippen LogP contribution is 2.25. The lowest BCUT2D eigenvalue weighted by Gasteiger charge is -2.07. The van der Waals surface area contributed by atoms with E-state index in [9.17, 15) is 0 Å². The molecule has 0 amide bonds. The number of hydrogen-bond donors (Lipinski definition) is 0. The van der Waals surface area contributed by atoms with Crippen molar-refractivity contribution in [3.8, 4) is 0 Å². The molecular formula is C18H20N2S2. The molecule has 1 aromatic carbocycles. The smallest absolute Gasteiger partial charge is 0.0968 e. The molecule has 4 heteroatoms. The number of hydrogen-bond acceptors (Lipinski definition) is 4. The van der Waals surface area contributed by atoms with Crippen molar-refractivity contribution in [1.29, 1.82) is 0 Å². The SMILES string of the molecule is CCSCc1ccc2ccc3ccc(CSCC)nc3c2n1. The number of benzene rings is 1. The zero-order valence-corrected chi connectivity index (χ0v) is 14.6. The molecule has 22 heavy (non-hydrogen) atoms. The number of nitrogens with zero attached hydrogens (tertiary/aromatic N) is 2. The Morgan fingerprint density at radius 1 is 0.682 bits per heavy atom. The molecule has 0 spiro atoms. The summed E-state index contributed by atoms with van der Waals surface area (Å²) in [4.78, 5) is 9.74. The first-order valence-corrected chi connectivity index (χ1v) is 9.96. The van der Waals surface area contributed by atoms with Crippen LogP contribution in [-0.4, -0.2) is 21.5 Å². The van der Waals surface area contributed by atoms with Crippen LogP contribution >= 0.6 is 23.5 Å². The van der Waals surface area contributed by atoms with Crippen LogP contribution < -0.4 is 0 Å². The molecule has 0 aliphatic rings. The predicted molar refractivity (Wildman–Crippen MR) is 101 cm³/mol. The van der Waals surface area contributed by atoms with Gasteiger partial charge in [0.1, 0.15) is 0 Å². The molecule has 3 aromatic rings. The molecule has 0 saturated heterocycles. The molecule has 0 radical (unpaired) electrons. The Kier molecular flexibility index (Phi) is 5.21. The van der Waals surface area contributed by atoms with Crippen LogP contribution in [0.25, 0.3) is 21.8 Å². The second kappa shape index (κ2) is 7.34. The van der Waals surface area contributed by atoms with Gasteiger partial charge in [0.05, 0.1) is 22.4 Å². The van der Waals surface area contributed by atoms with Gasteiger partial charge in [-0.1, -0.05) is 38.1 Å². The highest BCUT2D eigenvalue weighted by Gasteiger charge is 2.06. The van der Waals surface area contributed by atoms with Crippen LogP contribution in [0.15, 0.2) is 36.4 Å². The summed E-state index contributed by atoms with van der Waals surface area (Å²) >= 11 is 3.81. The number of fused-ring (bicyclic) bond motifs is 3. The summed E-state index contributed by atoms with van der Waals surface area (Å²) in [6.45, 7) is 4.36. The summed E-state index contributed by atoms with van der Waals surface area (Å²) in [5.74, 6) is 4.17.